The summed E-state index contributed by atoms with van der Waals surface area (Å²) in [5, 5.41) is 0. The molecule has 4 nitrogen and oxygen atoms in total. The third-order valence-corrected chi connectivity index (χ3v) is 4.62. The number of sulfonamides is 1. The SMILES string of the molecule is CC(C)(C)CC(C)(C)NS(=O)(=O)c1cc(CN)ccc1F. The molecule has 1 aromatic carbocycles. The summed E-state index contributed by atoms with van der Waals surface area (Å²) < 4.78 is 41.3. The monoisotopic (exact) mass is 316 g/mol. The Morgan fingerprint density at radius 2 is 1.76 bits per heavy atom. The lowest BCUT2D eigenvalue weighted by Crippen LogP contribution is -2.45. The van der Waals surface area contributed by atoms with Crippen LogP contribution >= 0.6 is 0 Å². The van der Waals surface area contributed by atoms with E-state index in [1.807, 2.05) is 20.8 Å². The average Bonchev–Trinajstić information content (AvgIpc) is 2.24. The van der Waals surface area contributed by atoms with Crippen LogP contribution in [-0.4, -0.2) is 14.0 Å². The molecule has 0 saturated carbocycles. The highest BCUT2D eigenvalue weighted by atomic mass is 32.2. The van der Waals surface area contributed by atoms with E-state index in [9.17, 15) is 12.8 Å². The topological polar surface area (TPSA) is 72.2 Å². The lowest BCUT2D eigenvalue weighted by molar-refractivity contribution is 0.269. The van der Waals surface area contributed by atoms with Gasteiger partial charge < -0.3 is 5.73 Å². The maximum atomic E-state index is 13.9. The second kappa shape index (κ2) is 6.02. The molecular formula is C15H25FN2O2S. The van der Waals surface area contributed by atoms with Gasteiger partial charge >= 0.3 is 0 Å². The van der Waals surface area contributed by atoms with Crippen LogP contribution < -0.4 is 10.5 Å². The second-order valence-electron chi connectivity index (χ2n) is 7.20. The smallest absolute Gasteiger partial charge is 0.243 e. The minimum absolute atomic E-state index is 0.0519. The van der Waals surface area contributed by atoms with Gasteiger partial charge in [-0.1, -0.05) is 26.8 Å². The number of hydrogen-bond donors (Lipinski definition) is 2. The van der Waals surface area contributed by atoms with Crippen LogP contribution in [0.15, 0.2) is 23.1 Å². The fraction of sp³-hybridized carbons (Fsp3) is 0.600. The van der Waals surface area contributed by atoms with Crippen LogP contribution in [-0.2, 0) is 16.6 Å². The second-order valence-corrected chi connectivity index (χ2v) is 8.85. The molecule has 0 spiro atoms. The maximum Gasteiger partial charge on any atom is 0.243 e. The predicted octanol–water partition coefficient (Wildman–Crippen LogP) is 2.78. The number of benzene rings is 1. The van der Waals surface area contributed by atoms with Crippen LogP contribution in [0.1, 0.15) is 46.6 Å². The standard InChI is InChI=1S/C15H25FN2O2S/c1-14(2,3)10-15(4,5)18-21(19,20)13-8-11(9-17)6-7-12(13)16/h6-8,18H,9-10,17H2,1-5H3. The largest absolute Gasteiger partial charge is 0.326 e. The van der Waals surface area contributed by atoms with Crippen molar-refractivity contribution in [1.82, 2.24) is 4.72 Å². The van der Waals surface area contributed by atoms with E-state index >= 15 is 0 Å². The molecule has 3 N–H and O–H groups in total. The molecule has 0 saturated heterocycles. The third-order valence-electron chi connectivity index (χ3n) is 2.90. The molecule has 0 aromatic heterocycles. The summed E-state index contributed by atoms with van der Waals surface area (Å²) in [6.45, 7) is 9.82. The summed E-state index contributed by atoms with van der Waals surface area (Å²) in [6.07, 6.45) is 0.622. The molecule has 0 aliphatic rings. The van der Waals surface area contributed by atoms with Crippen LogP contribution in [0.25, 0.3) is 0 Å². The molecule has 0 bridgehead atoms. The Labute approximate surface area is 127 Å². The van der Waals surface area contributed by atoms with Gasteiger partial charge in [0.25, 0.3) is 0 Å². The first kappa shape index (κ1) is 18.1. The number of hydrogen-bond acceptors (Lipinski definition) is 3. The Balaban J connectivity index is 3.12. The van der Waals surface area contributed by atoms with Gasteiger partial charge in [0.2, 0.25) is 10.0 Å². The molecular weight excluding hydrogens is 291 g/mol. The fourth-order valence-corrected chi connectivity index (χ4v) is 4.20. The van der Waals surface area contributed by atoms with E-state index in [1.165, 1.54) is 12.1 Å². The van der Waals surface area contributed by atoms with Crippen molar-refractivity contribution in [3.05, 3.63) is 29.6 Å². The normalized spacial score (nSPS) is 13.5. The molecule has 0 aliphatic heterocycles. The van der Waals surface area contributed by atoms with Crippen molar-refractivity contribution in [1.29, 1.82) is 0 Å². The Kier molecular flexibility index (Phi) is 5.18. The van der Waals surface area contributed by atoms with Crippen molar-refractivity contribution in [2.45, 2.75) is 58.0 Å². The molecule has 0 unspecified atom stereocenters. The molecule has 0 amide bonds. The van der Waals surface area contributed by atoms with Gasteiger partial charge in [-0.05, 0) is 43.4 Å². The summed E-state index contributed by atoms with van der Waals surface area (Å²) in [5.41, 5.74) is 5.33. The number of rotatable bonds is 5. The highest BCUT2D eigenvalue weighted by Crippen LogP contribution is 2.28. The Morgan fingerprint density at radius 3 is 2.24 bits per heavy atom. The van der Waals surface area contributed by atoms with E-state index in [1.54, 1.807) is 13.8 Å². The summed E-state index contributed by atoms with van der Waals surface area (Å²) in [7, 11) is -3.93. The van der Waals surface area contributed by atoms with Crippen molar-refractivity contribution in [3.63, 3.8) is 0 Å². The number of nitrogens with one attached hydrogen (secondary N) is 1. The predicted molar refractivity (Wildman–Crippen MR) is 82.8 cm³/mol. The molecule has 0 radical (unpaired) electrons. The van der Waals surface area contributed by atoms with Gasteiger partial charge in [0, 0.05) is 12.1 Å². The van der Waals surface area contributed by atoms with Gasteiger partial charge in [0.15, 0.2) is 0 Å². The Morgan fingerprint density at radius 1 is 1.19 bits per heavy atom. The molecule has 6 heteroatoms. The van der Waals surface area contributed by atoms with Crippen molar-refractivity contribution < 1.29 is 12.8 Å². The van der Waals surface area contributed by atoms with Crippen LogP contribution in [0.2, 0.25) is 0 Å². The van der Waals surface area contributed by atoms with E-state index in [0.29, 0.717) is 12.0 Å². The van der Waals surface area contributed by atoms with Crippen LogP contribution in [0, 0.1) is 11.2 Å². The van der Waals surface area contributed by atoms with E-state index in [2.05, 4.69) is 4.72 Å². The molecule has 120 valence electrons. The van der Waals surface area contributed by atoms with Crippen LogP contribution in [0.3, 0.4) is 0 Å². The first-order valence-electron chi connectivity index (χ1n) is 6.89. The Hall–Kier alpha value is -0.980. The first-order valence-corrected chi connectivity index (χ1v) is 8.37. The minimum atomic E-state index is -3.93. The zero-order valence-corrected chi connectivity index (χ0v) is 14.1. The highest BCUT2D eigenvalue weighted by molar-refractivity contribution is 7.89. The van der Waals surface area contributed by atoms with Gasteiger partial charge in [0.1, 0.15) is 10.7 Å². The van der Waals surface area contributed by atoms with Gasteiger partial charge in [-0.15, -0.1) is 0 Å². The summed E-state index contributed by atoms with van der Waals surface area (Å²) in [5.74, 6) is -0.772. The van der Waals surface area contributed by atoms with Crippen molar-refractivity contribution in [3.8, 4) is 0 Å². The van der Waals surface area contributed by atoms with Crippen LogP contribution in [0.4, 0.5) is 4.39 Å². The average molecular weight is 316 g/mol. The maximum absolute atomic E-state index is 13.9. The molecule has 21 heavy (non-hydrogen) atoms. The van der Waals surface area contributed by atoms with Crippen molar-refractivity contribution in [2.24, 2.45) is 11.1 Å². The quantitative estimate of drug-likeness (QED) is 0.877. The molecule has 0 heterocycles. The first-order chi connectivity index (χ1) is 9.36. The fourth-order valence-electron chi connectivity index (χ4n) is 2.66. The highest BCUT2D eigenvalue weighted by Gasteiger charge is 2.31. The van der Waals surface area contributed by atoms with E-state index in [0.717, 1.165) is 6.07 Å². The van der Waals surface area contributed by atoms with Gasteiger partial charge in [-0.3, -0.25) is 0 Å². The van der Waals surface area contributed by atoms with Gasteiger partial charge in [-0.25, -0.2) is 17.5 Å². The zero-order valence-electron chi connectivity index (χ0n) is 13.3. The lowest BCUT2D eigenvalue weighted by atomic mass is 9.82. The molecule has 1 rings (SSSR count). The summed E-state index contributed by atoms with van der Waals surface area (Å²) >= 11 is 0. The van der Waals surface area contributed by atoms with Crippen molar-refractivity contribution in [2.75, 3.05) is 0 Å². The number of nitrogens with two attached hydrogens (primary N) is 1. The molecule has 1 aromatic rings. The van der Waals surface area contributed by atoms with E-state index in [4.69, 9.17) is 5.73 Å². The van der Waals surface area contributed by atoms with Crippen LogP contribution in [0.5, 0.6) is 0 Å². The van der Waals surface area contributed by atoms with Gasteiger partial charge in [-0.2, -0.15) is 0 Å². The van der Waals surface area contributed by atoms with E-state index in [-0.39, 0.29) is 16.9 Å². The lowest BCUT2D eigenvalue weighted by Gasteiger charge is -2.33. The minimum Gasteiger partial charge on any atom is -0.326 e. The third kappa shape index (κ3) is 5.37. The molecule has 0 aliphatic carbocycles. The molecule has 0 atom stereocenters. The van der Waals surface area contributed by atoms with Gasteiger partial charge in [0.05, 0.1) is 0 Å². The number of halogens is 1. The summed E-state index contributed by atoms with van der Waals surface area (Å²) in [6, 6.07) is 3.90. The Bertz CT molecular complexity index is 605. The molecule has 0 fully saturated rings. The summed E-state index contributed by atoms with van der Waals surface area (Å²) in [4.78, 5) is -0.354. The van der Waals surface area contributed by atoms with Crippen molar-refractivity contribution >= 4 is 10.0 Å². The zero-order chi connectivity index (χ0) is 16.5. The van der Waals surface area contributed by atoms with E-state index < -0.39 is 21.4 Å².